The maximum absolute atomic E-state index is 12.3. The number of alkyl halides is 1. The summed E-state index contributed by atoms with van der Waals surface area (Å²) in [6.45, 7) is 10.6. The number of carbonyl (C=O) groups excluding carboxylic acids is 2. The minimum absolute atomic E-state index is 0.00276. The molecular formula is C14H25ClN2O3. The van der Waals surface area contributed by atoms with Crippen molar-refractivity contribution in [3.8, 4) is 0 Å². The first-order chi connectivity index (χ1) is 9.15. The SMILES string of the molecule is CC(C)N(C(=O)OC(C)(C)C)[C@@H]1CCN(C(=O)CCl)C1. The van der Waals surface area contributed by atoms with E-state index in [1.165, 1.54) is 0 Å². The van der Waals surface area contributed by atoms with E-state index in [2.05, 4.69) is 0 Å². The summed E-state index contributed by atoms with van der Waals surface area (Å²) in [6.07, 6.45) is 0.442. The van der Waals surface area contributed by atoms with E-state index in [9.17, 15) is 9.59 Å². The highest BCUT2D eigenvalue weighted by Gasteiger charge is 2.36. The quantitative estimate of drug-likeness (QED) is 0.753. The zero-order chi connectivity index (χ0) is 15.5. The highest BCUT2D eigenvalue weighted by molar-refractivity contribution is 6.27. The Morgan fingerprint density at radius 3 is 2.45 bits per heavy atom. The summed E-state index contributed by atoms with van der Waals surface area (Å²) in [7, 11) is 0. The maximum Gasteiger partial charge on any atom is 0.410 e. The van der Waals surface area contributed by atoms with Gasteiger partial charge >= 0.3 is 6.09 Å². The zero-order valence-electron chi connectivity index (χ0n) is 13.0. The molecule has 0 aromatic heterocycles. The molecule has 0 aromatic carbocycles. The highest BCUT2D eigenvalue weighted by Crippen LogP contribution is 2.21. The Bertz CT molecular complexity index is 366. The molecule has 1 aliphatic heterocycles. The third-order valence-electron chi connectivity index (χ3n) is 3.18. The summed E-state index contributed by atoms with van der Waals surface area (Å²) < 4.78 is 5.45. The molecule has 6 heteroatoms. The largest absolute Gasteiger partial charge is 0.444 e. The smallest absolute Gasteiger partial charge is 0.410 e. The molecule has 2 amide bonds. The van der Waals surface area contributed by atoms with Crippen molar-refractivity contribution in [1.82, 2.24) is 9.80 Å². The third-order valence-corrected chi connectivity index (χ3v) is 3.41. The second-order valence-electron chi connectivity index (χ2n) is 6.40. The molecule has 0 saturated carbocycles. The number of hydrogen-bond acceptors (Lipinski definition) is 3. The molecule has 0 bridgehead atoms. The highest BCUT2D eigenvalue weighted by atomic mass is 35.5. The molecule has 0 N–H and O–H groups in total. The van der Waals surface area contributed by atoms with Gasteiger partial charge in [0.15, 0.2) is 0 Å². The molecule has 116 valence electrons. The number of rotatable bonds is 3. The number of likely N-dealkylation sites (tertiary alicyclic amines) is 1. The van der Waals surface area contributed by atoms with Crippen LogP contribution in [0.5, 0.6) is 0 Å². The van der Waals surface area contributed by atoms with E-state index in [0.29, 0.717) is 13.1 Å². The van der Waals surface area contributed by atoms with Gasteiger partial charge in [-0.05, 0) is 41.0 Å². The Morgan fingerprint density at radius 2 is 2.00 bits per heavy atom. The first-order valence-corrected chi connectivity index (χ1v) is 7.54. The van der Waals surface area contributed by atoms with Crippen LogP contribution in [-0.2, 0) is 9.53 Å². The first kappa shape index (κ1) is 17.1. The lowest BCUT2D eigenvalue weighted by Crippen LogP contribution is -2.48. The second-order valence-corrected chi connectivity index (χ2v) is 6.66. The van der Waals surface area contributed by atoms with Crippen LogP contribution in [0.2, 0.25) is 0 Å². The normalized spacial score (nSPS) is 19.4. The predicted octanol–water partition coefficient (Wildman–Crippen LogP) is 2.47. The monoisotopic (exact) mass is 304 g/mol. The van der Waals surface area contributed by atoms with Crippen LogP contribution in [-0.4, -0.2) is 58.5 Å². The molecule has 1 heterocycles. The van der Waals surface area contributed by atoms with Crippen molar-refractivity contribution in [2.24, 2.45) is 0 Å². The number of halogens is 1. The Morgan fingerprint density at radius 1 is 1.40 bits per heavy atom. The first-order valence-electron chi connectivity index (χ1n) is 7.00. The molecule has 1 saturated heterocycles. The van der Waals surface area contributed by atoms with Gasteiger partial charge in [-0.25, -0.2) is 4.79 Å². The lowest BCUT2D eigenvalue weighted by atomic mass is 10.2. The van der Waals surface area contributed by atoms with Gasteiger partial charge in [-0.3, -0.25) is 4.79 Å². The van der Waals surface area contributed by atoms with E-state index in [4.69, 9.17) is 16.3 Å². The van der Waals surface area contributed by atoms with Crippen LogP contribution in [0, 0.1) is 0 Å². The fourth-order valence-corrected chi connectivity index (χ4v) is 2.55. The van der Waals surface area contributed by atoms with Crippen LogP contribution in [0.3, 0.4) is 0 Å². The van der Waals surface area contributed by atoms with Gasteiger partial charge in [0.05, 0.1) is 6.04 Å². The van der Waals surface area contributed by atoms with Crippen LogP contribution < -0.4 is 0 Å². The molecule has 0 aromatic rings. The number of nitrogens with zero attached hydrogens (tertiary/aromatic N) is 2. The van der Waals surface area contributed by atoms with Gasteiger partial charge in [-0.2, -0.15) is 0 Å². The average molecular weight is 305 g/mol. The van der Waals surface area contributed by atoms with Gasteiger partial charge in [0.1, 0.15) is 11.5 Å². The summed E-state index contributed by atoms with van der Waals surface area (Å²) in [5.74, 6) is -0.0945. The van der Waals surface area contributed by atoms with Gasteiger partial charge in [-0.15, -0.1) is 11.6 Å². The van der Waals surface area contributed by atoms with E-state index in [1.54, 1.807) is 9.80 Å². The molecule has 0 unspecified atom stereocenters. The molecule has 1 atom stereocenters. The Balaban J connectivity index is 2.73. The van der Waals surface area contributed by atoms with Crippen molar-refractivity contribution in [3.63, 3.8) is 0 Å². The van der Waals surface area contributed by atoms with Crippen molar-refractivity contribution in [3.05, 3.63) is 0 Å². The maximum atomic E-state index is 12.3. The van der Waals surface area contributed by atoms with E-state index in [1.807, 2.05) is 34.6 Å². The summed E-state index contributed by atoms with van der Waals surface area (Å²) in [6, 6.07) is 0.0259. The molecule has 20 heavy (non-hydrogen) atoms. The molecular weight excluding hydrogens is 280 g/mol. The lowest BCUT2D eigenvalue weighted by Gasteiger charge is -2.34. The number of ether oxygens (including phenoxy) is 1. The van der Waals surface area contributed by atoms with Crippen LogP contribution in [0.25, 0.3) is 0 Å². The Kier molecular flexibility index (Phi) is 5.68. The van der Waals surface area contributed by atoms with Crippen LogP contribution >= 0.6 is 11.6 Å². The number of hydrogen-bond donors (Lipinski definition) is 0. The predicted molar refractivity (Wildman–Crippen MR) is 78.9 cm³/mol. The standard InChI is InChI=1S/C14H25ClN2O3/c1-10(2)17(13(19)20-14(3,4)5)11-6-7-16(9-11)12(18)8-15/h10-11H,6-9H2,1-5H3/t11-/m1/s1. The van der Waals surface area contributed by atoms with Crippen molar-refractivity contribution >= 4 is 23.6 Å². The minimum Gasteiger partial charge on any atom is -0.444 e. The molecule has 5 nitrogen and oxygen atoms in total. The average Bonchev–Trinajstić information content (AvgIpc) is 2.74. The van der Waals surface area contributed by atoms with Crippen molar-refractivity contribution in [2.45, 2.75) is 58.7 Å². The molecule has 0 aliphatic carbocycles. The Labute approximate surface area is 126 Å². The molecule has 1 rings (SSSR count). The van der Waals surface area contributed by atoms with Crippen molar-refractivity contribution in [1.29, 1.82) is 0 Å². The van der Waals surface area contributed by atoms with Crippen LogP contribution in [0.4, 0.5) is 4.79 Å². The topological polar surface area (TPSA) is 49.9 Å². The van der Waals surface area contributed by atoms with Crippen LogP contribution in [0.15, 0.2) is 0 Å². The number of carbonyl (C=O) groups is 2. The van der Waals surface area contributed by atoms with Crippen LogP contribution in [0.1, 0.15) is 41.0 Å². The third kappa shape index (κ3) is 4.54. The fraction of sp³-hybridized carbons (Fsp3) is 0.857. The van der Waals surface area contributed by atoms with E-state index < -0.39 is 5.60 Å². The van der Waals surface area contributed by atoms with Gasteiger partial charge in [0.25, 0.3) is 0 Å². The summed E-state index contributed by atoms with van der Waals surface area (Å²) in [5, 5.41) is 0. The second kappa shape index (κ2) is 6.66. The Hall–Kier alpha value is -0.970. The van der Waals surface area contributed by atoms with Gasteiger partial charge in [0, 0.05) is 19.1 Å². The lowest BCUT2D eigenvalue weighted by molar-refractivity contribution is -0.127. The molecule has 0 radical (unpaired) electrons. The zero-order valence-corrected chi connectivity index (χ0v) is 13.7. The molecule has 0 spiro atoms. The minimum atomic E-state index is -0.519. The van der Waals surface area contributed by atoms with Gasteiger partial charge in [-0.1, -0.05) is 0 Å². The molecule has 1 fully saturated rings. The summed E-state index contributed by atoms with van der Waals surface area (Å²) in [4.78, 5) is 27.4. The fourth-order valence-electron chi connectivity index (χ4n) is 2.38. The number of amides is 2. The van der Waals surface area contributed by atoms with E-state index >= 15 is 0 Å². The van der Waals surface area contributed by atoms with E-state index in [-0.39, 0.29) is 30.0 Å². The summed E-state index contributed by atoms with van der Waals surface area (Å²) in [5.41, 5.74) is -0.519. The van der Waals surface area contributed by atoms with Gasteiger partial charge in [0.2, 0.25) is 5.91 Å². The van der Waals surface area contributed by atoms with Gasteiger partial charge < -0.3 is 14.5 Å². The molecule has 1 aliphatic rings. The summed E-state index contributed by atoms with van der Waals surface area (Å²) >= 11 is 5.58. The van der Waals surface area contributed by atoms with Crippen molar-refractivity contribution < 1.29 is 14.3 Å². The van der Waals surface area contributed by atoms with E-state index in [0.717, 1.165) is 6.42 Å². The van der Waals surface area contributed by atoms with Crippen molar-refractivity contribution in [2.75, 3.05) is 19.0 Å².